The molecule has 0 saturated heterocycles. The summed E-state index contributed by atoms with van der Waals surface area (Å²) in [6, 6.07) is 3.45. The third kappa shape index (κ3) is 2.40. The zero-order valence-corrected chi connectivity index (χ0v) is 9.45. The third-order valence-electron chi connectivity index (χ3n) is 1.96. The van der Waals surface area contributed by atoms with Gasteiger partial charge in [-0.2, -0.15) is 0 Å². The summed E-state index contributed by atoms with van der Waals surface area (Å²) < 4.78 is 4.55. The van der Waals surface area contributed by atoms with E-state index in [1.54, 1.807) is 12.1 Å². The van der Waals surface area contributed by atoms with E-state index in [9.17, 15) is 4.79 Å². The van der Waals surface area contributed by atoms with Crippen molar-refractivity contribution in [1.29, 1.82) is 0 Å². The molecule has 0 atom stereocenters. The fourth-order valence-corrected chi connectivity index (χ4v) is 1.52. The van der Waals surface area contributed by atoms with Crippen LogP contribution in [0.4, 0.5) is 0 Å². The number of benzene rings is 1. The molecule has 0 spiro atoms. The molecule has 0 aliphatic heterocycles. The van der Waals surface area contributed by atoms with Gasteiger partial charge in [0.2, 0.25) is 0 Å². The second kappa shape index (κ2) is 4.67. The van der Waals surface area contributed by atoms with Crippen LogP contribution in [0.5, 0.6) is 0 Å². The smallest absolute Gasteiger partial charge is 0.310 e. The number of carbonyl (C=O) groups excluding carboxylic acids is 1. The number of hydrogen-bond donors (Lipinski definition) is 0. The zero-order chi connectivity index (χ0) is 10.7. The van der Waals surface area contributed by atoms with Crippen molar-refractivity contribution < 1.29 is 9.53 Å². The first-order valence-corrected chi connectivity index (χ1v) is 4.82. The number of rotatable bonds is 2. The minimum absolute atomic E-state index is 0.174. The summed E-state index contributed by atoms with van der Waals surface area (Å²) >= 11 is 11.9. The van der Waals surface area contributed by atoms with Gasteiger partial charge >= 0.3 is 5.97 Å². The van der Waals surface area contributed by atoms with Gasteiger partial charge in [0.15, 0.2) is 0 Å². The quantitative estimate of drug-likeness (QED) is 0.734. The van der Waals surface area contributed by atoms with Crippen LogP contribution in [-0.2, 0) is 16.0 Å². The summed E-state index contributed by atoms with van der Waals surface area (Å²) in [6.45, 7) is 1.81. The summed E-state index contributed by atoms with van der Waals surface area (Å²) in [5, 5.41) is 1.13. The average molecular weight is 233 g/mol. The summed E-state index contributed by atoms with van der Waals surface area (Å²) in [6.07, 6.45) is 0.174. The monoisotopic (exact) mass is 232 g/mol. The van der Waals surface area contributed by atoms with Crippen molar-refractivity contribution in [3.8, 4) is 0 Å². The Bertz CT molecular complexity index is 361. The van der Waals surface area contributed by atoms with Crippen molar-refractivity contribution in [2.75, 3.05) is 7.11 Å². The number of hydrogen-bond acceptors (Lipinski definition) is 2. The second-order valence-corrected chi connectivity index (χ2v) is 3.68. The SMILES string of the molecule is COC(=O)Cc1ccc(Cl)c(C)c1Cl. The normalized spacial score (nSPS) is 10.0. The maximum atomic E-state index is 11.0. The molecule has 0 bridgehead atoms. The first-order valence-electron chi connectivity index (χ1n) is 4.06. The van der Waals surface area contributed by atoms with Gasteiger partial charge in [-0.25, -0.2) is 0 Å². The molecule has 0 aliphatic carbocycles. The van der Waals surface area contributed by atoms with Gasteiger partial charge in [0.1, 0.15) is 0 Å². The van der Waals surface area contributed by atoms with E-state index in [4.69, 9.17) is 23.2 Å². The molecule has 4 heteroatoms. The highest BCUT2D eigenvalue weighted by Gasteiger charge is 2.10. The molecule has 1 rings (SSSR count). The zero-order valence-electron chi connectivity index (χ0n) is 7.93. The lowest BCUT2D eigenvalue weighted by Crippen LogP contribution is -2.05. The molecular formula is C10H10Cl2O2. The minimum atomic E-state index is -0.311. The largest absolute Gasteiger partial charge is 0.469 e. The molecule has 0 aromatic heterocycles. The van der Waals surface area contributed by atoms with Crippen molar-refractivity contribution in [3.63, 3.8) is 0 Å². The molecule has 0 N–H and O–H groups in total. The first kappa shape index (κ1) is 11.3. The molecule has 0 unspecified atom stereocenters. The summed E-state index contributed by atoms with van der Waals surface area (Å²) in [5.41, 5.74) is 1.52. The van der Waals surface area contributed by atoms with Crippen LogP contribution >= 0.6 is 23.2 Å². The van der Waals surface area contributed by atoms with Crippen LogP contribution in [0, 0.1) is 6.92 Å². The van der Waals surface area contributed by atoms with E-state index in [1.807, 2.05) is 6.92 Å². The maximum absolute atomic E-state index is 11.0. The minimum Gasteiger partial charge on any atom is -0.469 e. The van der Waals surface area contributed by atoms with Crippen LogP contribution in [0.1, 0.15) is 11.1 Å². The number of methoxy groups -OCH3 is 1. The highest BCUT2D eigenvalue weighted by molar-refractivity contribution is 6.36. The molecule has 1 aromatic rings. The van der Waals surface area contributed by atoms with Gasteiger partial charge < -0.3 is 4.74 Å². The molecule has 0 saturated carbocycles. The summed E-state index contributed by atoms with van der Waals surface area (Å²) in [4.78, 5) is 11.0. The molecule has 0 fully saturated rings. The molecule has 0 aliphatic rings. The fraction of sp³-hybridized carbons (Fsp3) is 0.300. The van der Waals surface area contributed by atoms with Crippen LogP contribution in [-0.4, -0.2) is 13.1 Å². The lowest BCUT2D eigenvalue weighted by Gasteiger charge is -2.06. The van der Waals surface area contributed by atoms with Crippen molar-refractivity contribution in [3.05, 3.63) is 33.3 Å². The van der Waals surface area contributed by atoms with E-state index < -0.39 is 0 Å². The molecule has 0 heterocycles. The highest BCUT2D eigenvalue weighted by Crippen LogP contribution is 2.27. The lowest BCUT2D eigenvalue weighted by atomic mass is 10.1. The van der Waals surface area contributed by atoms with Crippen molar-refractivity contribution in [2.45, 2.75) is 13.3 Å². The fourth-order valence-electron chi connectivity index (χ4n) is 1.08. The van der Waals surface area contributed by atoms with Gasteiger partial charge in [-0.1, -0.05) is 29.3 Å². The number of ether oxygens (including phenoxy) is 1. The van der Waals surface area contributed by atoms with Gasteiger partial charge in [-0.15, -0.1) is 0 Å². The van der Waals surface area contributed by atoms with Gasteiger partial charge in [0, 0.05) is 10.0 Å². The van der Waals surface area contributed by atoms with E-state index in [2.05, 4.69) is 4.74 Å². The molecule has 76 valence electrons. The number of carbonyl (C=O) groups is 1. The Balaban J connectivity index is 3.00. The lowest BCUT2D eigenvalue weighted by molar-refractivity contribution is -0.139. The molecule has 2 nitrogen and oxygen atoms in total. The van der Waals surface area contributed by atoms with E-state index in [0.29, 0.717) is 10.0 Å². The van der Waals surface area contributed by atoms with Crippen LogP contribution in [0.2, 0.25) is 10.0 Å². The second-order valence-electron chi connectivity index (χ2n) is 2.90. The Hall–Kier alpha value is -0.730. The van der Waals surface area contributed by atoms with Gasteiger partial charge in [0.25, 0.3) is 0 Å². The van der Waals surface area contributed by atoms with Crippen molar-refractivity contribution in [2.24, 2.45) is 0 Å². The predicted molar refractivity (Wildman–Crippen MR) is 56.9 cm³/mol. The van der Waals surface area contributed by atoms with Crippen LogP contribution in [0.15, 0.2) is 12.1 Å². The number of halogens is 2. The Kier molecular flexibility index (Phi) is 3.78. The molecule has 14 heavy (non-hydrogen) atoms. The number of esters is 1. The standard InChI is InChI=1S/C10H10Cl2O2/c1-6-8(11)4-3-7(10(6)12)5-9(13)14-2/h3-4H,5H2,1-2H3. The van der Waals surface area contributed by atoms with E-state index in [0.717, 1.165) is 11.1 Å². The Morgan fingerprint density at radius 2 is 2.07 bits per heavy atom. The predicted octanol–water partition coefficient (Wildman–Crippen LogP) is 3.02. The van der Waals surface area contributed by atoms with Gasteiger partial charge in [-0.05, 0) is 24.1 Å². The third-order valence-corrected chi connectivity index (χ3v) is 2.90. The van der Waals surface area contributed by atoms with Crippen molar-refractivity contribution in [1.82, 2.24) is 0 Å². The highest BCUT2D eigenvalue weighted by atomic mass is 35.5. The summed E-state index contributed by atoms with van der Waals surface area (Å²) in [7, 11) is 1.35. The topological polar surface area (TPSA) is 26.3 Å². The average Bonchev–Trinajstić information content (AvgIpc) is 2.19. The molecule has 1 aromatic carbocycles. The Labute approximate surface area is 92.8 Å². The first-order chi connectivity index (χ1) is 6.56. The molecule has 0 amide bonds. The van der Waals surface area contributed by atoms with Gasteiger partial charge in [-0.3, -0.25) is 4.79 Å². The molecule has 0 radical (unpaired) electrons. The van der Waals surface area contributed by atoms with E-state index in [1.165, 1.54) is 7.11 Å². The van der Waals surface area contributed by atoms with Gasteiger partial charge in [0.05, 0.1) is 13.5 Å². The van der Waals surface area contributed by atoms with Crippen LogP contribution in [0.25, 0.3) is 0 Å². The van der Waals surface area contributed by atoms with E-state index in [-0.39, 0.29) is 12.4 Å². The maximum Gasteiger partial charge on any atom is 0.310 e. The van der Waals surface area contributed by atoms with Crippen molar-refractivity contribution >= 4 is 29.2 Å². The van der Waals surface area contributed by atoms with Crippen LogP contribution in [0.3, 0.4) is 0 Å². The van der Waals surface area contributed by atoms with Crippen LogP contribution < -0.4 is 0 Å². The molecular weight excluding hydrogens is 223 g/mol. The Morgan fingerprint density at radius 3 is 2.64 bits per heavy atom. The van der Waals surface area contributed by atoms with E-state index >= 15 is 0 Å². The Morgan fingerprint density at radius 1 is 1.43 bits per heavy atom. The summed E-state index contributed by atoms with van der Waals surface area (Å²) in [5.74, 6) is -0.311.